The van der Waals surface area contributed by atoms with Gasteiger partial charge < -0.3 is 10.6 Å². The van der Waals surface area contributed by atoms with E-state index in [1.165, 1.54) is 17.8 Å². The lowest BCUT2D eigenvalue weighted by Crippen LogP contribution is -2.31. The van der Waals surface area contributed by atoms with E-state index in [1.54, 1.807) is 28.9 Å². The Kier molecular flexibility index (Phi) is 6.80. The van der Waals surface area contributed by atoms with Gasteiger partial charge in [-0.05, 0) is 43.2 Å². The fraction of sp³-hybridized carbons (Fsp3) is 0.148. The van der Waals surface area contributed by atoms with Crippen LogP contribution < -0.4 is 10.6 Å². The van der Waals surface area contributed by atoms with E-state index >= 15 is 0 Å². The molecule has 4 aromatic rings. The van der Waals surface area contributed by atoms with Gasteiger partial charge in [0.05, 0.1) is 5.57 Å². The number of hydrogen-bond donors (Lipinski definition) is 2. The average Bonchev–Trinajstić information content (AvgIpc) is 3.27. The number of nitrogens with zero attached hydrogens (tertiary/aromatic N) is 3. The van der Waals surface area contributed by atoms with Crippen molar-refractivity contribution >= 4 is 40.9 Å². The number of thioether (sulfide) groups is 1. The molecule has 2 N–H and O–H groups in total. The van der Waals surface area contributed by atoms with Crippen molar-refractivity contribution in [2.24, 2.45) is 0 Å². The Morgan fingerprint density at radius 2 is 1.81 bits per heavy atom. The molecule has 3 aromatic carbocycles. The van der Waals surface area contributed by atoms with Crippen molar-refractivity contribution in [3.05, 3.63) is 112 Å². The molecule has 36 heavy (non-hydrogen) atoms. The van der Waals surface area contributed by atoms with E-state index in [-0.39, 0.29) is 11.7 Å². The number of carbonyl (C=O) groups is 1. The lowest BCUT2D eigenvalue weighted by atomic mass is 9.95. The fourth-order valence-electron chi connectivity index (χ4n) is 4.13. The van der Waals surface area contributed by atoms with Crippen LogP contribution in [0.3, 0.4) is 0 Å². The first kappa shape index (κ1) is 24.1. The van der Waals surface area contributed by atoms with Gasteiger partial charge >= 0.3 is 0 Å². The summed E-state index contributed by atoms with van der Waals surface area (Å²) in [5.74, 6) is 0.329. The summed E-state index contributed by atoms with van der Waals surface area (Å²) in [6.07, 6.45) is 0. The van der Waals surface area contributed by atoms with Crippen molar-refractivity contribution in [1.29, 1.82) is 0 Å². The van der Waals surface area contributed by atoms with Crippen LogP contribution in [0.5, 0.6) is 0 Å². The predicted octanol–water partition coefficient (Wildman–Crippen LogP) is 6.60. The molecule has 0 saturated heterocycles. The average molecular weight is 520 g/mol. The van der Waals surface area contributed by atoms with Crippen molar-refractivity contribution < 1.29 is 9.18 Å². The number of rotatable bonds is 6. The summed E-state index contributed by atoms with van der Waals surface area (Å²) >= 11 is 7.93. The van der Waals surface area contributed by atoms with Crippen LogP contribution in [0.15, 0.2) is 89.2 Å². The zero-order valence-electron chi connectivity index (χ0n) is 19.6. The van der Waals surface area contributed by atoms with Crippen molar-refractivity contribution in [1.82, 2.24) is 14.8 Å². The minimum atomic E-state index is -0.603. The smallest absolute Gasteiger partial charge is 0.255 e. The Morgan fingerprint density at radius 3 is 2.58 bits per heavy atom. The minimum Gasteiger partial charge on any atom is -0.328 e. The van der Waals surface area contributed by atoms with Crippen LogP contribution in [0.1, 0.15) is 29.7 Å². The lowest BCUT2D eigenvalue weighted by molar-refractivity contribution is -0.113. The molecule has 0 saturated carbocycles. The van der Waals surface area contributed by atoms with Crippen LogP contribution >= 0.6 is 23.4 Å². The van der Waals surface area contributed by atoms with Gasteiger partial charge in [-0.25, -0.2) is 9.07 Å². The second-order valence-corrected chi connectivity index (χ2v) is 9.75. The number of halogens is 2. The zero-order chi connectivity index (χ0) is 25.2. The summed E-state index contributed by atoms with van der Waals surface area (Å²) < 4.78 is 15.8. The highest BCUT2D eigenvalue weighted by Gasteiger charge is 2.35. The monoisotopic (exact) mass is 519 g/mol. The van der Waals surface area contributed by atoms with E-state index in [0.29, 0.717) is 38.7 Å². The van der Waals surface area contributed by atoms with Crippen molar-refractivity contribution in [3.63, 3.8) is 0 Å². The third kappa shape index (κ3) is 4.74. The van der Waals surface area contributed by atoms with Gasteiger partial charge in [0.25, 0.3) is 5.91 Å². The van der Waals surface area contributed by atoms with E-state index in [2.05, 4.69) is 15.6 Å². The molecule has 9 heteroatoms. The summed E-state index contributed by atoms with van der Waals surface area (Å²) in [5.41, 5.74) is 4.11. The highest BCUT2D eigenvalue weighted by molar-refractivity contribution is 7.98. The molecule has 6 nitrogen and oxygen atoms in total. The molecular formula is C27H23ClFN5OS. The number of hydrogen-bond acceptors (Lipinski definition) is 5. The van der Waals surface area contributed by atoms with Crippen LogP contribution in [-0.4, -0.2) is 20.7 Å². The number of benzene rings is 3. The number of amides is 1. The van der Waals surface area contributed by atoms with Crippen LogP contribution in [0, 0.1) is 12.7 Å². The van der Waals surface area contributed by atoms with Gasteiger partial charge in [-0.15, -0.1) is 5.10 Å². The molecule has 2 heterocycles. The van der Waals surface area contributed by atoms with Gasteiger partial charge in [-0.1, -0.05) is 78.0 Å². The van der Waals surface area contributed by atoms with Gasteiger partial charge in [-0.2, -0.15) is 4.98 Å². The van der Waals surface area contributed by atoms with Crippen LogP contribution in [-0.2, 0) is 10.5 Å². The number of para-hydroxylation sites is 1. The normalized spacial score (nSPS) is 14.8. The molecule has 0 spiro atoms. The van der Waals surface area contributed by atoms with Crippen molar-refractivity contribution in [2.45, 2.75) is 30.8 Å². The third-order valence-electron chi connectivity index (χ3n) is 5.99. The topological polar surface area (TPSA) is 71.8 Å². The fourth-order valence-corrected chi connectivity index (χ4v) is 5.19. The first-order valence-corrected chi connectivity index (χ1v) is 12.7. The molecule has 0 bridgehead atoms. The first-order chi connectivity index (χ1) is 17.4. The van der Waals surface area contributed by atoms with Crippen LogP contribution in [0.2, 0.25) is 5.02 Å². The molecule has 0 fully saturated rings. The summed E-state index contributed by atoms with van der Waals surface area (Å²) in [5, 5.41) is 11.9. The maximum atomic E-state index is 14.1. The number of carbonyl (C=O) groups excluding carboxylic acids is 1. The molecule has 1 unspecified atom stereocenters. The SMILES string of the molecule is CC1=C(C(=O)Nc2ccccc2C)C(c2ccccc2Cl)n2nc(SCc3ccccc3F)nc2N1. The Labute approximate surface area is 217 Å². The highest BCUT2D eigenvalue weighted by atomic mass is 35.5. The predicted molar refractivity (Wildman–Crippen MR) is 142 cm³/mol. The molecule has 1 aliphatic heterocycles. The number of aryl methyl sites for hydroxylation is 1. The number of allylic oxidation sites excluding steroid dienone is 1. The van der Waals surface area contributed by atoms with Gasteiger partial charge in [0.1, 0.15) is 11.9 Å². The van der Waals surface area contributed by atoms with Crippen molar-refractivity contribution in [3.8, 4) is 0 Å². The quantitative estimate of drug-likeness (QED) is 0.281. The zero-order valence-corrected chi connectivity index (χ0v) is 21.2. The van der Waals surface area contributed by atoms with Crippen LogP contribution in [0.4, 0.5) is 16.0 Å². The maximum absolute atomic E-state index is 14.1. The Hall–Kier alpha value is -3.62. The molecule has 5 rings (SSSR count). The lowest BCUT2D eigenvalue weighted by Gasteiger charge is -2.29. The first-order valence-electron chi connectivity index (χ1n) is 11.3. The molecule has 1 aliphatic rings. The molecule has 182 valence electrons. The standard InChI is InChI=1S/C27H23ClFN5OS/c1-16-9-3-8-14-22(16)31-25(35)23-17(2)30-26-32-27(36-15-18-10-4-7-13-21(18)29)33-34(26)24(23)19-11-5-6-12-20(19)28/h3-14,24H,15H2,1-2H3,(H,31,35)(H,30,32,33). The molecule has 1 aromatic heterocycles. The van der Waals surface area contributed by atoms with E-state index in [9.17, 15) is 9.18 Å². The van der Waals surface area contributed by atoms with Gasteiger partial charge in [-0.3, -0.25) is 4.79 Å². The van der Waals surface area contributed by atoms with Crippen LogP contribution in [0.25, 0.3) is 0 Å². The Balaban J connectivity index is 1.52. The van der Waals surface area contributed by atoms with Gasteiger partial charge in [0.15, 0.2) is 0 Å². The maximum Gasteiger partial charge on any atom is 0.255 e. The number of aromatic nitrogens is 3. The Morgan fingerprint density at radius 1 is 1.08 bits per heavy atom. The summed E-state index contributed by atoms with van der Waals surface area (Å²) in [6.45, 7) is 3.77. The van der Waals surface area contributed by atoms with E-state index in [1.807, 2.05) is 56.3 Å². The largest absolute Gasteiger partial charge is 0.328 e. The van der Waals surface area contributed by atoms with E-state index < -0.39 is 6.04 Å². The van der Waals surface area contributed by atoms with E-state index in [0.717, 1.165) is 16.8 Å². The highest BCUT2D eigenvalue weighted by Crippen LogP contribution is 2.39. The minimum absolute atomic E-state index is 0.263. The second-order valence-electron chi connectivity index (χ2n) is 8.40. The summed E-state index contributed by atoms with van der Waals surface area (Å²) in [6, 6.07) is 21.0. The summed E-state index contributed by atoms with van der Waals surface area (Å²) in [4.78, 5) is 18.2. The number of nitrogens with one attached hydrogen (secondary N) is 2. The number of anilines is 2. The van der Waals surface area contributed by atoms with Gasteiger partial charge in [0, 0.05) is 27.7 Å². The molecular weight excluding hydrogens is 497 g/mol. The summed E-state index contributed by atoms with van der Waals surface area (Å²) in [7, 11) is 0. The Bertz CT molecular complexity index is 1480. The molecule has 1 atom stereocenters. The molecule has 0 radical (unpaired) electrons. The molecule has 0 aliphatic carbocycles. The van der Waals surface area contributed by atoms with E-state index in [4.69, 9.17) is 16.7 Å². The third-order valence-corrected chi connectivity index (χ3v) is 7.22. The van der Waals surface area contributed by atoms with Crippen molar-refractivity contribution in [2.75, 3.05) is 10.6 Å². The number of fused-ring (bicyclic) bond motifs is 1. The molecule has 1 amide bonds. The van der Waals surface area contributed by atoms with Gasteiger partial charge in [0.2, 0.25) is 11.1 Å². The second kappa shape index (κ2) is 10.2.